The Bertz CT molecular complexity index is 2180. The first-order chi connectivity index (χ1) is 36.1. The summed E-state index contributed by atoms with van der Waals surface area (Å²) in [6.45, 7) is 1.04. The zero-order valence-electron chi connectivity index (χ0n) is 42.8. The molecule has 1 saturated heterocycles. The van der Waals surface area contributed by atoms with Crippen molar-refractivity contribution in [1.29, 1.82) is 5.41 Å². The number of guanidine groups is 1. The molecule has 1 aliphatic rings. The summed E-state index contributed by atoms with van der Waals surface area (Å²) in [6.07, 6.45) is 2.31. The lowest BCUT2D eigenvalue weighted by molar-refractivity contribution is -0.142. The van der Waals surface area contributed by atoms with Crippen LogP contribution in [0.2, 0.25) is 0 Å². The number of likely N-dealkylation sites (tertiary alicyclic amines) is 1. The Hall–Kier alpha value is -7.31. The number of hydrogen-bond acceptors (Lipinski definition) is 17. The molecule has 0 radical (unpaired) electrons. The maximum Gasteiger partial charge on any atom is 0.352 e. The van der Waals surface area contributed by atoms with Gasteiger partial charge in [-0.15, -0.1) is 0 Å². The number of rotatable bonds is 35. The van der Waals surface area contributed by atoms with Gasteiger partial charge < -0.3 is 97.2 Å². The zero-order chi connectivity index (χ0) is 56.9. The Morgan fingerprint density at radius 1 is 0.737 bits per heavy atom. The summed E-state index contributed by atoms with van der Waals surface area (Å²) in [4.78, 5) is 133. The highest BCUT2D eigenvalue weighted by Gasteiger charge is 2.40. The minimum atomic E-state index is -1.58. The molecular weight excluding hydrogens is 997 g/mol. The molecule has 1 aromatic carbocycles. The number of carbonyl (C=O) groups is 10. The van der Waals surface area contributed by atoms with E-state index in [9.17, 15) is 63.3 Å². The van der Waals surface area contributed by atoms with E-state index in [1.807, 2.05) is 0 Å². The van der Waals surface area contributed by atoms with Gasteiger partial charge in [0.1, 0.15) is 41.9 Å². The largest absolute Gasteiger partial charge is 0.478 e. The van der Waals surface area contributed by atoms with Crippen LogP contribution in [0.4, 0.5) is 0 Å². The minimum Gasteiger partial charge on any atom is -0.478 e. The van der Waals surface area contributed by atoms with Gasteiger partial charge in [-0.2, -0.15) is 0 Å². The van der Waals surface area contributed by atoms with E-state index < -0.39 is 126 Å². The molecule has 0 unspecified atom stereocenters. The monoisotopic (exact) mass is 1070 g/mol. The van der Waals surface area contributed by atoms with Crippen LogP contribution in [0, 0.1) is 5.41 Å². The van der Waals surface area contributed by atoms with E-state index in [2.05, 4.69) is 42.5 Å². The Morgan fingerprint density at radius 3 is 1.96 bits per heavy atom. The SMILES string of the molecule is C[C@H](NC(=O)[C@@H](NC(=O)[C@@H](N)CCCCN)[C@@H](O)CN)C(=O)NCC(=O)N[C@H](CCCN)C(=O)N1CCC[C@H]1C(=O)N[C@@H](Cc1ccc(C(=O)O)cc1)C(=O)N[C@@H](CCCCN)C(=O)N/C(=C\CCNC(=N)N)C(=O)O. The van der Waals surface area contributed by atoms with Crippen LogP contribution in [0.25, 0.3) is 0 Å². The number of unbranched alkanes of at least 4 members (excludes halogenated alkanes) is 2. The van der Waals surface area contributed by atoms with Crippen molar-refractivity contribution >= 4 is 65.2 Å². The van der Waals surface area contributed by atoms with Crippen molar-refractivity contribution in [2.24, 2.45) is 34.4 Å². The van der Waals surface area contributed by atoms with E-state index in [4.69, 9.17) is 39.8 Å². The lowest BCUT2D eigenvalue weighted by Gasteiger charge is -2.30. The molecule has 0 aromatic heterocycles. The number of aliphatic carboxylic acids is 1. The number of hydrogen-bond donors (Lipinski definition) is 18. The van der Waals surface area contributed by atoms with Crippen LogP contribution in [0.3, 0.4) is 0 Å². The van der Waals surface area contributed by atoms with Gasteiger partial charge >= 0.3 is 11.9 Å². The standard InChI is InChI=1S/C47H78N16O13/c1-26(57-43(71)37(35(64)24-51)62-39(67)29(52)9-2-4-18-48)38(66)56-25-36(65)58-31(11-6-20-50)44(72)63-22-8-13-34(63)42(70)61-33(23-27-14-16-28(17-15-27)45(73)74)41(69)59-30(10-3-5-19-49)40(68)60-32(46(75)76)12-7-21-55-47(53)54/h12,14-17,26,29-31,33-35,37,64H,2-11,13,18-25,48-52H2,1H3,(H,56,66)(H,57,71)(H,58,65)(H,59,69)(H,60,68)(H,61,70)(H,62,67)(H,73,74)(H,75,76)(H4,53,54,55)/b32-12-/t26-,29-,30-,31+,33-,34-,35-,37-/m0/s1. The van der Waals surface area contributed by atoms with Gasteiger partial charge in [0.05, 0.1) is 24.3 Å². The number of nitrogens with one attached hydrogen (secondary N) is 9. The fraction of sp³-hybridized carbons (Fsp3) is 0.596. The predicted octanol–water partition coefficient (Wildman–Crippen LogP) is -5.92. The first kappa shape index (κ1) is 64.8. The second kappa shape index (κ2) is 34.3. The number of aliphatic hydroxyl groups is 1. The van der Waals surface area contributed by atoms with Crippen molar-refractivity contribution in [3.63, 3.8) is 0 Å². The Morgan fingerprint density at radius 2 is 1.37 bits per heavy atom. The van der Waals surface area contributed by atoms with E-state index in [1.54, 1.807) is 0 Å². The number of carboxylic acid groups (broad SMARTS) is 2. The van der Waals surface area contributed by atoms with Crippen molar-refractivity contribution in [2.75, 3.05) is 45.8 Å². The van der Waals surface area contributed by atoms with Crippen molar-refractivity contribution < 1.29 is 63.3 Å². The smallest absolute Gasteiger partial charge is 0.352 e. The molecule has 1 heterocycles. The Labute approximate surface area is 440 Å². The van der Waals surface area contributed by atoms with Crippen LogP contribution < -0.4 is 76.9 Å². The fourth-order valence-electron chi connectivity index (χ4n) is 7.75. The van der Waals surface area contributed by atoms with Crippen LogP contribution in [0.15, 0.2) is 36.0 Å². The van der Waals surface area contributed by atoms with Gasteiger partial charge in [0.15, 0.2) is 5.96 Å². The third-order valence-corrected chi connectivity index (χ3v) is 12.0. The summed E-state index contributed by atoms with van der Waals surface area (Å²) < 4.78 is 0. The van der Waals surface area contributed by atoms with Gasteiger partial charge in [-0.25, -0.2) is 9.59 Å². The molecule has 29 nitrogen and oxygen atoms in total. The third-order valence-electron chi connectivity index (χ3n) is 12.0. The van der Waals surface area contributed by atoms with Crippen LogP contribution >= 0.6 is 0 Å². The number of benzene rings is 1. The molecule has 2 rings (SSSR count). The number of aliphatic hydroxyl groups excluding tert-OH is 1. The molecule has 0 saturated carbocycles. The molecule has 29 heteroatoms. The highest BCUT2D eigenvalue weighted by atomic mass is 16.4. The normalized spacial score (nSPS) is 16.0. The maximum atomic E-state index is 14.2. The summed E-state index contributed by atoms with van der Waals surface area (Å²) in [5.41, 5.74) is 33.5. The lowest BCUT2D eigenvalue weighted by Crippen LogP contribution is -2.60. The number of amides is 8. The highest BCUT2D eigenvalue weighted by molar-refractivity contribution is 5.99. The van der Waals surface area contributed by atoms with Gasteiger partial charge in [0.2, 0.25) is 47.3 Å². The molecule has 0 aliphatic carbocycles. The summed E-state index contributed by atoms with van der Waals surface area (Å²) in [6, 6.07) is -3.70. The van der Waals surface area contributed by atoms with Crippen molar-refractivity contribution in [3.8, 4) is 0 Å². The van der Waals surface area contributed by atoms with E-state index in [0.717, 1.165) is 0 Å². The first-order valence-electron chi connectivity index (χ1n) is 25.1. The molecule has 1 aromatic rings. The van der Waals surface area contributed by atoms with Crippen molar-refractivity contribution in [2.45, 2.75) is 132 Å². The molecule has 8 atom stereocenters. The van der Waals surface area contributed by atoms with Crippen LogP contribution in [-0.2, 0) is 49.6 Å². The number of aromatic carboxylic acids is 1. The van der Waals surface area contributed by atoms with Gasteiger partial charge in [-0.05, 0) is 108 Å². The van der Waals surface area contributed by atoms with Crippen LogP contribution in [0.1, 0.15) is 93.5 Å². The number of carboxylic acids is 2. The molecule has 76 heavy (non-hydrogen) atoms. The first-order valence-corrected chi connectivity index (χ1v) is 25.1. The van der Waals surface area contributed by atoms with Crippen LogP contribution in [-0.4, -0.2) is 180 Å². The Kier molecular flexibility index (Phi) is 29.2. The second-order valence-electron chi connectivity index (χ2n) is 18.0. The number of carbonyl (C=O) groups excluding carboxylic acids is 8. The maximum absolute atomic E-state index is 14.2. The van der Waals surface area contributed by atoms with E-state index >= 15 is 0 Å². The number of nitrogens with two attached hydrogens (primary N) is 6. The molecule has 424 valence electrons. The third kappa shape index (κ3) is 22.7. The second-order valence-corrected chi connectivity index (χ2v) is 18.0. The zero-order valence-corrected chi connectivity index (χ0v) is 42.8. The molecule has 0 spiro atoms. The Balaban J connectivity index is 2.29. The van der Waals surface area contributed by atoms with Gasteiger partial charge in [-0.1, -0.05) is 24.6 Å². The molecule has 24 N–H and O–H groups in total. The van der Waals surface area contributed by atoms with Crippen LogP contribution in [0.5, 0.6) is 0 Å². The fourth-order valence-corrected chi connectivity index (χ4v) is 7.75. The van der Waals surface area contributed by atoms with E-state index in [-0.39, 0.29) is 82.6 Å². The quantitative estimate of drug-likeness (QED) is 0.0130. The van der Waals surface area contributed by atoms with Gasteiger partial charge in [0, 0.05) is 26.1 Å². The van der Waals surface area contributed by atoms with E-state index in [1.165, 1.54) is 42.2 Å². The highest BCUT2D eigenvalue weighted by Crippen LogP contribution is 2.21. The van der Waals surface area contributed by atoms with E-state index in [0.29, 0.717) is 44.2 Å². The molecule has 0 bridgehead atoms. The summed E-state index contributed by atoms with van der Waals surface area (Å²) in [5.74, 6) is -9.70. The van der Waals surface area contributed by atoms with Gasteiger partial charge in [0.25, 0.3) is 0 Å². The van der Waals surface area contributed by atoms with Gasteiger partial charge in [-0.3, -0.25) is 43.8 Å². The predicted molar refractivity (Wildman–Crippen MR) is 276 cm³/mol. The summed E-state index contributed by atoms with van der Waals surface area (Å²) >= 11 is 0. The lowest BCUT2D eigenvalue weighted by atomic mass is 10.0. The molecule has 1 fully saturated rings. The molecule has 1 aliphatic heterocycles. The topological polar surface area (TPSA) is 511 Å². The average molecular weight is 1080 g/mol. The van der Waals surface area contributed by atoms with Crippen molar-refractivity contribution in [1.82, 2.24) is 47.4 Å². The number of nitrogens with zero attached hydrogens (tertiary/aromatic N) is 1. The molecular formula is C47H78N16O13. The summed E-state index contributed by atoms with van der Waals surface area (Å²) in [5, 5.41) is 56.7. The average Bonchev–Trinajstić information content (AvgIpc) is 3.88. The molecule has 8 amide bonds. The van der Waals surface area contributed by atoms with Crippen molar-refractivity contribution in [3.05, 3.63) is 47.2 Å². The summed E-state index contributed by atoms with van der Waals surface area (Å²) in [7, 11) is 0. The minimum absolute atomic E-state index is 0.00406.